The molecule has 0 aliphatic carbocycles. The number of anilines is 3. The number of pyridine rings is 1. The number of benzene rings is 2. The Hall–Kier alpha value is -3.34. The van der Waals surface area contributed by atoms with E-state index in [1.165, 1.54) is 5.69 Å². The van der Waals surface area contributed by atoms with Crippen molar-refractivity contribution in [3.8, 4) is 0 Å². The summed E-state index contributed by atoms with van der Waals surface area (Å²) in [6.07, 6.45) is 2.23. The molecule has 1 N–H and O–H groups in total. The van der Waals surface area contributed by atoms with E-state index in [1.54, 1.807) is 0 Å². The van der Waals surface area contributed by atoms with E-state index in [-0.39, 0.29) is 5.91 Å². The van der Waals surface area contributed by atoms with Crippen LogP contribution in [0.2, 0.25) is 0 Å². The average molecular weight is 386 g/mol. The molecule has 148 valence electrons. The lowest BCUT2D eigenvalue weighted by molar-refractivity contribution is -0.115. The number of hydrogen-bond acceptors (Lipinski definition) is 4. The fourth-order valence-electron chi connectivity index (χ4n) is 3.68. The van der Waals surface area contributed by atoms with Gasteiger partial charge in [0, 0.05) is 43.8 Å². The summed E-state index contributed by atoms with van der Waals surface area (Å²) in [5, 5.41) is 3.00. The molecular weight excluding hydrogens is 360 g/mol. The molecule has 1 fully saturated rings. The zero-order chi connectivity index (χ0) is 20.1. The standard InChI is InChI=1S/C24H26N4O/c1-19-6-2-3-7-20(19)18-24(29)26-21-9-11-22(12-10-21)27-14-16-28(17-15-27)23-8-4-5-13-25-23/h2-13H,14-18H2,1H3,(H,26,29). The van der Waals surface area contributed by atoms with Crippen molar-refractivity contribution in [2.45, 2.75) is 13.3 Å². The molecule has 1 aromatic heterocycles. The number of nitrogens with one attached hydrogen (secondary N) is 1. The molecule has 0 atom stereocenters. The average Bonchev–Trinajstić information content (AvgIpc) is 2.77. The topological polar surface area (TPSA) is 48.5 Å². The van der Waals surface area contributed by atoms with Gasteiger partial charge in [-0.3, -0.25) is 4.79 Å². The summed E-state index contributed by atoms with van der Waals surface area (Å²) >= 11 is 0. The lowest BCUT2D eigenvalue weighted by Gasteiger charge is -2.36. The molecule has 2 aromatic carbocycles. The highest BCUT2D eigenvalue weighted by Crippen LogP contribution is 2.21. The van der Waals surface area contributed by atoms with Crippen molar-refractivity contribution in [3.63, 3.8) is 0 Å². The van der Waals surface area contributed by atoms with Gasteiger partial charge in [-0.25, -0.2) is 4.98 Å². The highest BCUT2D eigenvalue weighted by Gasteiger charge is 2.18. The second-order valence-corrected chi connectivity index (χ2v) is 7.36. The second kappa shape index (κ2) is 8.78. The van der Waals surface area contributed by atoms with E-state index < -0.39 is 0 Å². The molecule has 1 saturated heterocycles. The Balaban J connectivity index is 1.31. The van der Waals surface area contributed by atoms with E-state index in [0.717, 1.165) is 48.8 Å². The van der Waals surface area contributed by atoms with Crippen molar-refractivity contribution in [2.24, 2.45) is 0 Å². The highest BCUT2D eigenvalue weighted by atomic mass is 16.1. The van der Waals surface area contributed by atoms with Crippen molar-refractivity contribution in [1.82, 2.24) is 4.98 Å². The SMILES string of the molecule is Cc1ccccc1CC(=O)Nc1ccc(N2CCN(c3ccccn3)CC2)cc1. The van der Waals surface area contributed by atoms with Gasteiger partial charge in [-0.05, 0) is 54.4 Å². The fourth-order valence-corrected chi connectivity index (χ4v) is 3.68. The Morgan fingerprint density at radius 3 is 2.28 bits per heavy atom. The molecule has 29 heavy (non-hydrogen) atoms. The minimum atomic E-state index is 0.0102. The van der Waals surface area contributed by atoms with Crippen molar-refractivity contribution >= 4 is 23.1 Å². The van der Waals surface area contributed by atoms with E-state index in [1.807, 2.05) is 61.7 Å². The Morgan fingerprint density at radius 1 is 0.897 bits per heavy atom. The number of amides is 1. The maximum atomic E-state index is 12.4. The molecular formula is C24H26N4O. The van der Waals surface area contributed by atoms with Crippen LogP contribution in [-0.2, 0) is 11.2 Å². The van der Waals surface area contributed by atoms with Gasteiger partial charge < -0.3 is 15.1 Å². The number of piperazine rings is 1. The van der Waals surface area contributed by atoms with E-state index in [2.05, 4.69) is 38.3 Å². The minimum absolute atomic E-state index is 0.0102. The van der Waals surface area contributed by atoms with E-state index in [0.29, 0.717) is 6.42 Å². The van der Waals surface area contributed by atoms with Crippen LogP contribution in [0.15, 0.2) is 72.9 Å². The summed E-state index contributed by atoms with van der Waals surface area (Å²) in [6.45, 7) is 5.84. The van der Waals surface area contributed by atoms with Gasteiger partial charge in [0.25, 0.3) is 0 Å². The number of aryl methyl sites for hydroxylation is 1. The summed E-state index contributed by atoms with van der Waals surface area (Å²) in [7, 11) is 0. The highest BCUT2D eigenvalue weighted by molar-refractivity contribution is 5.92. The Kier molecular flexibility index (Phi) is 5.75. The van der Waals surface area contributed by atoms with Crippen molar-refractivity contribution in [1.29, 1.82) is 0 Å². The van der Waals surface area contributed by atoms with Gasteiger partial charge in [0.05, 0.1) is 6.42 Å². The molecule has 3 aromatic rings. The molecule has 0 bridgehead atoms. The van der Waals surface area contributed by atoms with Crippen LogP contribution in [-0.4, -0.2) is 37.1 Å². The minimum Gasteiger partial charge on any atom is -0.368 e. The first-order valence-electron chi connectivity index (χ1n) is 10.0. The maximum absolute atomic E-state index is 12.4. The molecule has 0 unspecified atom stereocenters. The van der Waals surface area contributed by atoms with Crippen LogP contribution in [0.5, 0.6) is 0 Å². The molecule has 0 radical (unpaired) electrons. The summed E-state index contributed by atoms with van der Waals surface area (Å²) in [4.78, 5) is 21.5. The normalized spacial score (nSPS) is 14.0. The van der Waals surface area contributed by atoms with Crippen molar-refractivity contribution in [2.75, 3.05) is 41.3 Å². The quantitative estimate of drug-likeness (QED) is 0.723. The Bertz CT molecular complexity index is 948. The lowest BCUT2D eigenvalue weighted by Crippen LogP contribution is -2.46. The van der Waals surface area contributed by atoms with E-state index in [4.69, 9.17) is 0 Å². The van der Waals surface area contributed by atoms with Crippen molar-refractivity contribution < 1.29 is 4.79 Å². The smallest absolute Gasteiger partial charge is 0.228 e. The van der Waals surface area contributed by atoms with Gasteiger partial charge in [0.15, 0.2) is 0 Å². The maximum Gasteiger partial charge on any atom is 0.228 e. The van der Waals surface area contributed by atoms with Crippen LogP contribution in [0.25, 0.3) is 0 Å². The zero-order valence-electron chi connectivity index (χ0n) is 16.7. The molecule has 4 rings (SSSR count). The van der Waals surface area contributed by atoms with Crippen molar-refractivity contribution in [3.05, 3.63) is 84.1 Å². The molecule has 1 amide bonds. The number of nitrogens with zero attached hydrogens (tertiary/aromatic N) is 3. The lowest BCUT2D eigenvalue weighted by atomic mass is 10.1. The number of hydrogen-bond donors (Lipinski definition) is 1. The molecule has 1 aliphatic heterocycles. The molecule has 2 heterocycles. The first-order valence-corrected chi connectivity index (χ1v) is 10.0. The Morgan fingerprint density at radius 2 is 1.59 bits per heavy atom. The number of carbonyl (C=O) groups excluding carboxylic acids is 1. The molecule has 0 saturated carbocycles. The number of aromatic nitrogens is 1. The summed E-state index contributed by atoms with van der Waals surface area (Å²) in [6, 6.07) is 22.2. The van der Waals surface area contributed by atoms with Crippen LogP contribution >= 0.6 is 0 Å². The predicted octanol–water partition coefficient (Wildman–Crippen LogP) is 3.90. The molecule has 1 aliphatic rings. The third kappa shape index (κ3) is 4.74. The first-order chi connectivity index (χ1) is 14.2. The fraction of sp³-hybridized carbons (Fsp3) is 0.250. The Labute approximate surface area is 172 Å². The van der Waals surface area contributed by atoms with Crippen LogP contribution in [0.1, 0.15) is 11.1 Å². The largest absolute Gasteiger partial charge is 0.368 e. The molecule has 5 heteroatoms. The summed E-state index contributed by atoms with van der Waals surface area (Å²) in [5.41, 5.74) is 4.22. The van der Waals surface area contributed by atoms with E-state index in [9.17, 15) is 4.79 Å². The van der Waals surface area contributed by atoms with Crippen LogP contribution in [0, 0.1) is 6.92 Å². The van der Waals surface area contributed by atoms with Crippen LogP contribution in [0.3, 0.4) is 0 Å². The monoisotopic (exact) mass is 386 g/mol. The predicted molar refractivity (Wildman–Crippen MR) is 119 cm³/mol. The summed E-state index contributed by atoms with van der Waals surface area (Å²) < 4.78 is 0. The third-order valence-electron chi connectivity index (χ3n) is 5.38. The zero-order valence-corrected chi connectivity index (χ0v) is 16.7. The van der Waals surface area contributed by atoms with Crippen LogP contribution < -0.4 is 15.1 Å². The van der Waals surface area contributed by atoms with Gasteiger partial charge >= 0.3 is 0 Å². The molecule has 5 nitrogen and oxygen atoms in total. The van der Waals surface area contributed by atoms with Gasteiger partial charge in [-0.1, -0.05) is 30.3 Å². The second-order valence-electron chi connectivity index (χ2n) is 7.36. The van der Waals surface area contributed by atoms with Gasteiger partial charge in [-0.15, -0.1) is 0 Å². The van der Waals surface area contributed by atoms with Gasteiger partial charge in [-0.2, -0.15) is 0 Å². The molecule has 0 spiro atoms. The number of rotatable bonds is 5. The van der Waals surface area contributed by atoms with Crippen LogP contribution in [0.4, 0.5) is 17.2 Å². The van der Waals surface area contributed by atoms with Gasteiger partial charge in [0.1, 0.15) is 5.82 Å². The third-order valence-corrected chi connectivity index (χ3v) is 5.38. The van der Waals surface area contributed by atoms with Gasteiger partial charge in [0.2, 0.25) is 5.91 Å². The number of carbonyl (C=O) groups is 1. The summed E-state index contributed by atoms with van der Waals surface area (Å²) in [5.74, 6) is 1.05. The van der Waals surface area contributed by atoms with E-state index >= 15 is 0 Å². The first kappa shape index (κ1) is 19.0.